The van der Waals surface area contributed by atoms with E-state index >= 15 is 0 Å². The molecule has 144 valence electrons. The fraction of sp³-hybridized carbons (Fsp3) is 0.250. The molecule has 0 saturated heterocycles. The molecule has 0 aliphatic carbocycles. The molecule has 7 heteroatoms. The molecule has 7 nitrogen and oxygen atoms in total. The number of rotatable bonds is 9. The first-order chi connectivity index (χ1) is 13.0. The summed E-state index contributed by atoms with van der Waals surface area (Å²) in [7, 11) is 5.74. The standard InChI is InChI=1S/C20H27N5O2/c1-21-10-12-24(2)13-11-23-25(3)18-7-5-17(6-8-18)22-15-16-4-9-19(26)14-20(16)27/h4-12,14,21-22,26-27H,13,15H2,1-3H3/b12-10-,23-11+. The zero-order valence-electron chi connectivity index (χ0n) is 15.9. The van der Waals surface area contributed by atoms with Crippen LogP contribution in [-0.4, -0.2) is 49.0 Å². The van der Waals surface area contributed by atoms with Crippen molar-refractivity contribution in [3.63, 3.8) is 0 Å². The van der Waals surface area contributed by atoms with Crippen LogP contribution in [0.2, 0.25) is 0 Å². The minimum absolute atomic E-state index is 0.0495. The van der Waals surface area contributed by atoms with Crippen LogP contribution < -0.4 is 15.6 Å². The van der Waals surface area contributed by atoms with Crippen molar-refractivity contribution in [3.05, 3.63) is 60.4 Å². The van der Waals surface area contributed by atoms with Gasteiger partial charge in [0.15, 0.2) is 0 Å². The number of hydrazone groups is 1. The Morgan fingerprint density at radius 2 is 1.81 bits per heavy atom. The highest BCUT2D eigenvalue weighted by Gasteiger charge is 2.03. The predicted octanol–water partition coefficient (Wildman–Crippen LogP) is 2.75. The molecule has 0 saturated carbocycles. The number of phenolic OH excluding ortho intramolecular Hbond substituents is 2. The zero-order valence-corrected chi connectivity index (χ0v) is 15.9. The number of anilines is 2. The molecule has 4 N–H and O–H groups in total. The van der Waals surface area contributed by atoms with Gasteiger partial charge in [-0.2, -0.15) is 5.10 Å². The highest BCUT2D eigenvalue weighted by molar-refractivity contribution is 5.63. The monoisotopic (exact) mass is 369 g/mol. The van der Waals surface area contributed by atoms with Crippen LogP contribution in [0.25, 0.3) is 0 Å². The number of benzene rings is 2. The van der Waals surface area contributed by atoms with Crippen molar-refractivity contribution in [1.29, 1.82) is 0 Å². The van der Waals surface area contributed by atoms with Crippen molar-refractivity contribution in [1.82, 2.24) is 10.2 Å². The summed E-state index contributed by atoms with van der Waals surface area (Å²) in [5, 5.41) is 31.6. The second kappa shape index (κ2) is 9.96. The van der Waals surface area contributed by atoms with Crippen LogP contribution in [0.15, 0.2) is 60.0 Å². The molecule has 27 heavy (non-hydrogen) atoms. The van der Waals surface area contributed by atoms with Gasteiger partial charge in [-0.1, -0.05) is 0 Å². The number of nitrogens with zero attached hydrogens (tertiary/aromatic N) is 3. The van der Waals surface area contributed by atoms with Crippen molar-refractivity contribution in [2.45, 2.75) is 6.54 Å². The Hall–Kier alpha value is -3.35. The Balaban J connectivity index is 1.87. The summed E-state index contributed by atoms with van der Waals surface area (Å²) in [4.78, 5) is 2.01. The van der Waals surface area contributed by atoms with E-state index in [0.717, 1.165) is 16.9 Å². The summed E-state index contributed by atoms with van der Waals surface area (Å²) < 4.78 is 0. The van der Waals surface area contributed by atoms with E-state index in [9.17, 15) is 10.2 Å². The SMILES string of the molecule is CN/C=C\N(C)C/C=N/N(C)c1ccc(NCc2ccc(O)cc2O)cc1. The third kappa shape index (κ3) is 6.47. The first kappa shape index (κ1) is 20.0. The second-order valence-corrected chi connectivity index (χ2v) is 6.08. The van der Waals surface area contributed by atoms with Gasteiger partial charge in [0.2, 0.25) is 0 Å². The molecule has 0 atom stereocenters. The van der Waals surface area contributed by atoms with Crippen LogP contribution in [0.1, 0.15) is 5.56 Å². The number of hydrogen-bond donors (Lipinski definition) is 4. The molecule has 0 radical (unpaired) electrons. The van der Waals surface area contributed by atoms with Gasteiger partial charge in [-0.25, -0.2) is 0 Å². The van der Waals surface area contributed by atoms with E-state index in [1.165, 1.54) is 6.07 Å². The summed E-state index contributed by atoms with van der Waals surface area (Å²) in [5.74, 6) is 0.121. The fourth-order valence-electron chi connectivity index (χ4n) is 2.31. The minimum atomic E-state index is 0.0495. The van der Waals surface area contributed by atoms with Crippen LogP contribution in [0, 0.1) is 0 Å². The van der Waals surface area contributed by atoms with Gasteiger partial charge in [0, 0.05) is 63.6 Å². The van der Waals surface area contributed by atoms with Crippen LogP contribution in [0.3, 0.4) is 0 Å². The summed E-state index contributed by atoms with van der Waals surface area (Å²) >= 11 is 0. The van der Waals surface area contributed by atoms with Crippen molar-refractivity contribution >= 4 is 17.6 Å². The average molecular weight is 369 g/mol. The molecule has 0 aliphatic rings. The van der Waals surface area contributed by atoms with Crippen molar-refractivity contribution in [3.8, 4) is 11.5 Å². The van der Waals surface area contributed by atoms with Gasteiger partial charge in [0.05, 0.1) is 12.2 Å². The second-order valence-electron chi connectivity index (χ2n) is 6.08. The molecule has 0 bridgehead atoms. The van der Waals surface area contributed by atoms with Gasteiger partial charge in [-0.15, -0.1) is 0 Å². The maximum absolute atomic E-state index is 9.82. The summed E-state index contributed by atoms with van der Waals surface area (Å²) in [6, 6.07) is 12.4. The van der Waals surface area contributed by atoms with E-state index in [-0.39, 0.29) is 11.5 Å². The maximum Gasteiger partial charge on any atom is 0.124 e. The largest absolute Gasteiger partial charge is 0.508 e. The molecule has 0 spiro atoms. The Labute approximate surface area is 160 Å². The third-order valence-electron chi connectivity index (χ3n) is 3.91. The Morgan fingerprint density at radius 1 is 1.07 bits per heavy atom. The van der Waals surface area contributed by atoms with Gasteiger partial charge in [-0.05, 0) is 36.4 Å². The lowest BCUT2D eigenvalue weighted by molar-refractivity contribution is 0.446. The first-order valence-corrected chi connectivity index (χ1v) is 8.64. The normalized spacial score (nSPS) is 11.1. The molecule has 2 aromatic carbocycles. The number of phenols is 2. The Bertz CT molecular complexity index is 774. The lowest BCUT2D eigenvalue weighted by Crippen LogP contribution is -2.17. The van der Waals surface area contributed by atoms with Gasteiger partial charge < -0.3 is 25.7 Å². The zero-order chi connectivity index (χ0) is 19.6. The molecule has 0 amide bonds. The van der Waals surface area contributed by atoms with Gasteiger partial charge in [-0.3, -0.25) is 5.01 Å². The summed E-state index contributed by atoms with van der Waals surface area (Å²) in [6.07, 6.45) is 5.65. The van der Waals surface area contributed by atoms with E-state index in [2.05, 4.69) is 15.7 Å². The maximum atomic E-state index is 9.82. The van der Waals surface area contributed by atoms with E-state index in [1.54, 1.807) is 12.1 Å². The average Bonchev–Trinajstić information content (AvgIpc) is 2.66. The fourth-order valence-corrected chi connectivity index (χ4v) is 2.31. The van der Waals surface area contributed by atoms with Crippen LogP contribution in [0.4, 0.5) is 11.4 Å². The lowest BCUT2D eigenvalue weighted by Gasteiger charge is -2.15. The highest BCUT2D eigenvalue weighted by atomic mass is 16.3. The highest BCUT2D eigenvalue weighted by Crippen LogP contribution is 2.24. The van der Waals surface area contributed by atoms with Crippen molar-refractivity contribution < 1.29 is 10.2 Å². The molecular formula is C20H27N5O2. The Morgan fingerprint density at radius 3 is 2.48 bits per heavy atom. The molecule has 2 rings (SSSR count). The molecule has 0 aliphatic heterocycles. The molecular weight excluding hydrogens is 342 g/mol. The minimum Gasteiger partial charge on any atom is -0.508 e. The van der Waals surface area contributed by atoms with E-state index < -0.39 is 0 Å². The Kier molecular flexibility index (Phi) is 7.37. The molecule has 2 aromatic rings. The van der Waals surface area contributed by atoms with Crippen LogP contribution in [0.5, 0.6) is 11.5 Å². The van der Waals surface area contributed by atoms with Gasteiger partial charge >= 0.3 is 0 Å². The van der Waals surface area contributed by atoms with Gasteiger partial charge in [0.25, 0.3) is 0 Å². The topological polar surface area (TPSA) is 83.4 Å². The predicted molar refractivity (Wildman–Crippen MR) is 111 cm³/mol. The molecule has 0 unspecified atom stereocenters. The first-order valence-electron chi connectivity index (χ1n) is 8.64. The van der Waals surface area contributed by atoms with E-state index in [4.69, 9.17) is 0 Å². The van der Waals surface area contributed by atoms with Crippen molar-refractivity contribution in [2.24, 2.45) is 5.10 Å². The van der Waals surface area contributed by atoms with Gasteiger partial charge in [0.1, 0.15) is 11.5 Å². The molecule has 0 heterocycles. The summed E-state index contributed by atoms with van der Waals surface area (Å²) in [6.45, 7) is 1.17. The van der Waals surface area contributed by atoms with Crippen molar-refractivity contribution in [2.75, 3.05) is 38.0 Å². The molecule has 0 fully saturated rings. The van der Waals surface area contributed by atoms with E-state index in [0.29, 0.717) is 13.1 Å². The molecule has 0 aromatic heterocycles. The van der Waals surface area contributed by atoms with Crippen LogP contribution in [-0.2, 0) is 6.54 Å². The third-order valence-corrected chi connectivity index (χ3v) is 3.91. The van der Waals surface area contributed by atoms with E-state index in [1.807, 2.05) is 73.9 Å². The number of hydrogen-bond acceptors (Lipinski definition) is 7. The smallest absolute Gasteiger partial charge is 0.124 e. The summed E-state index contributed by atoms with van der Waals surface area (Å²) in [5.41, 5.74) is 2.62. The number of aromatic hydroxyl groups is 2. The quantitative estimate of drug-likeness (QED) is 0.402. The number of nitrogens with one attached hydrogen (secondary N) is 2. The lowest BCUT2D eigenvalue weighted by atomic mass is 10.2. The van der Waals surface area contributed by atoms with Crippen LogP contribution >= 0.6 is 0 Å².